The second-order valence-corrected chi connectivity index (χ2v) is 5.05. The topological polar surface area (TPSA) is 70.0 Å². The molecule has 0 saturated carbocycles. The zero-order valence-corrected chi connectivity index (χ0v) is 13.4. The SMILES string of the molecule is COc1ccccc1Oc1cnc(-c2nccc(Cl)n2)nc1Cl. The van der Waals surface area contributed by atoms with Gasteiger partial charge in [0, 0.05) is 6.20 Å². The molecule has 0 radical (unpaired) electrons. The Labute approximate surface area is 142 Å². The van der Waals surface area contributed by atoms with Gasteiger partial charge < -0.3 is 9.47 Å². The average molecular weight is 349 g/mol. The maximum Gasteiger partial charge on any atom is 0.199 e. The van der Waals surface area contributed by atoms with Crippen LogP contribution in [0.2, 0.25) is 10.3 Å². The minimum atomic E-state index is 0.129. The highest BCUT2D eigenvalue weighted by atomic mass is 35.5. The van der Waals surface area contributed by atoms with E-state index >= 15 is 0 Å². The molecule has 8 heteroatoms. The van der Waals surface area contributed by atoms with Gasteiger partial charge in [0.1, 0.15) is 5.15 Å². The van der Waals surface area contributed by atoms with E-state index in [2.05, 4.69) is 19.9 Å². The molecule has 0 unspecified atom stereocenters. The van der Waals surface area contributed by atoms with E-state index in [0.29, 0.717) is 22.4 Å². The third-order valence-corrected chi connectivity index (χ3v) is 3.30. The molecular weight excluding hydrogens is 339 g/mol. The van der Waals surface area contributed by atoms with Crippen LogP contribution in [0.15, 0.2) is 42.7 Å². The molecule has 0 aliphatic rings. The fourth-order valence-electron chi connectivity index (χ4n) is 1.79. The molecule has 0 aliphatic heterocycles. The van der Waals surface area contributed by atoms with Crippen molar-refractivity contribution in [2.45, 2.75) is 0 Å². The number of methoxy groups -OCH3 is 1. The number of rotatable bonds is 4. The van der Waals surface area contributed by atoms with Crippen LogP contribution in [0.5, 0.6) is 17.2 Å². The summed E-state index contributed by atoms with van der Waals surface area (Å²) in [6, 6.07) is 8.75. The maximum absolute atomic E-state index is 6.16. The van der Waals surface area contributed by atoms with Gasteiger partial charge in [-0.2, -0.15) is 0 Å². The minimum absolute atomic E-state index is 0.129. The van der Waals surface area contributed by atoms with Gasteiger partial charge in [0.25, 0.3) is 0 Å². The van der Waals surface area contributed by atoms with Crippen molar-refractivity contribution in [3.05, 3.63) is 53.0 Å². The lowest BCUT2D eigenvalue weighted by atomic mass is 10.3. The molecule has 0 aliphatic carbocycles. The number of halogens is 2. The summed E-state index contributed by atoms with van der Waals surface area (Å²) in [6.07, 6.45) is 2.96. The van der Waals surface area contributed by atoms with Crippen LogP contribution < -0.4 is 9.47 Å². The molecule has 6 nitrogen and oxygen atoms in total. The van der Waals surface area contributed by atoms with Crippen molar-refractivity contribution in [3.8, 4) is 28.9 Å². The molecule has 116 valence electrons. The summed E-state index contributed by atoms with van der Waals surface area (Å²) in [5.41, 5.74) is 0. The highest BCUT2D eigenvalue weighted by Crippen LogP contribution is 2.34. The van der Waals surface area contributed by atoms with E-state index in [4.69, 9.17) is 32.7 Å². The Balaban J connectivity index is 1.91. The van der Waals surface area contributed by atoms with Gasteiger partial charge in [-0.25, -0.2) is 19.9 Å². The molecule has 2 aromatic heterocycles. The van der Waals surface area contributed by atoms with Crippen molar-refractivity contribution in [3.63, 3.8) is 0 Å². The number of para-hydroxylation sites is 2. The van der Waals surface area contributed by atoms with E-state index in [-0.39, 0.29) is 16.8 Å². The normalized spacial score (nSPS) is 10.4. The Bertz CT molecular complexity index is 845. The average Bonchev–Trinajstić information content (AvgIpc) is 2.57. The number of benzene rings is 1. The second kappa shape index (κ2) is 6.76. The van der Waals surface area contributed by atoms with Crippen LogP contribution in [0.25, 0.3) is 11.6 Å². The van der Waals surface area contributed by atoms with Gasteiger partial charge in [0.2, 0.25) is 0 Å². The first-order valence-corrected chi connectivity index (χ1v) is 7.25. The first-order chi connectivity index (χ1) is 11.2. The van der Waals surface area contributed by atoms with Gasteiger partial charge in [0.05, 0.1) is 13.3 Å². The summed E-state index contributed by atoms with van der Waals surface area (Å²) < 4.78 is 10.9. The lowest BCUT2D eigenvalue weighted by Gasteiger charge is -2.10. The molecule has 0 bridgehead atoms. The zero-order chi connectivity index (χ0) is 16.2. The molecule has 0 saturated heterocycles. The largest absolute Gasteiger partial charge is 0.493 e. The Hall–Kier alpha value is -2.44. The molecule has 3 aromatic rings. The predicted molar refractivity (Wildman–Crippen MR) is 86.1 cm³/mol. The van der Waals surface area contributed by atoms with Gasteiger partial charge in [0.15, 0.2) is 34.1 Å². The van der Waals surface area contributed by atoms with Crippen LogP contribution in [0.4, 0.5) is 0 Å². The summed E-state index contributed by atoms with van der Waals surface area (Å²) in [5.74, 6) is 1.91. The first kappa shape index (κ1) is 15.5. The molecule has 0 atom stereocenters. The summed E-state index contributed by atoms with van der Waals surface area (Å²) in [4.78, 5) is 16.4. The number of ether oxygens (including phenoxy) is 2. The van der Waals surface area contributed by atoms with Crippen LogP contribution in [-0.2, 0) is 0 Å². The van der Waals surface area contributed by atoms with Gasteiger partial charge in [-0.15, -0.1) is 0 Å². The van der Waals surface area contributed by atoms with Crippen molar-refractivity contribution in [1.29, 1.82) is 0 Å². The maximum atomic E-state index is 6.16. The van der Waals surface area contributed by atoms with E-state index in [1.165, 1.54) is 12.4 Å². The Morgan fingerprint density at radius 1 is 0.870 bits per heavy atom. The molecule has 2 heterocycles. The molecule has 0 spiro atoms. The zero-order valence-electron chi connectivity index (χ0n) is 11.9. The third-order valence-electron chi connectivity index (χ3n) is 2.82. The molecule has 3 rings (SSSR count). The van der Waals surface area contributed by atoms with Crippen molar-refractivity contribution < 1.29 is 9.47 Å². The standard InChI is InChI=1S/C15H10Cl2N4O2/c1-22-9-4-2-3-5-10(9)23-11-8-19-15(21-13(11)17)14-18-7-6-12(16)20-14/h2-8H,1H3. The van der Waals surface area contributed by atoms with E-state index in [1.54, 1.807) is 25.3 Å². The number of aromatic nitrogens is 4. The first-order valence-electron chi connectivity index (χ1n) is 6.49. The van der Waals surface area contributed by atoms with Crippen LogP contribution in [-0.4, -0.2) is 27.0 Å². The monoisotopic (exact) mass is 348 g/mol. The Morgan fingerprint density at radius 3 is 2.30 bits per heavy atom. The Morgan fingerprint density at radius 2 is 1.61 bits per heavy atom. The summed E-state index contributed by atoms with van der Waals surface area (Å²) in [5, 5.41) is 0.425. The fraction of sp³-hybridized carbons (Fsp3) is 0.0667. The van der Waals surface area contributed by atoms with Gasteiger partial charge in [-0.1, -0.05) is 35.3 Å². The Kier molecular flexibility index (Phi) is 4.55. The molecule has 23 heavy (non-hydrogen) atoms. The van der Waals surface area contributed by atoms with E-state index in [9.17, 15) is 0 Å². The van der Waals surface area contributed by atoms with Gasteiger partial charge in [-0.05, 0) is 18.2 Å². The van der Waals surface area contributed by atoms with Crippen molar-refractivity contribution in [2.24, 2.45) is 0 Å². The van der Waals surface area contributed by atoms with Crippen LogP contribution >= 0.6 is 23.2 Å². The van der Waals surface area contributed by atoms with Gasteiger partial charge >= 0.3 is 0 Å². The molecule has 0 amide bonds. The summed E-state index contributed by atoms with van der Waals surface area (Å²) >= 11 is 12.0. The smallest absolute Gasteiger partial charge is 0.199 e. The lowest BCUT2D eigenvalue weighted by molar-refractivity contribution is 0.378. The molecule has 1 aromatic carbocycles. The van der Waals surface area contributed by atoms with Crippen LogP contribution in [0.3, 0.4) is 0 Å². The quantitative estimate of drug-likeness (QED) is 0.662. The number of nitrogens with zero attached hydrogens (tertiary/aromatic N) is 4. The van der Waals surface area contributed by atoms with Crippen LogP contribution in [0, 0.1) is 0 Å². The molecular formula is C15H10Cl2N4O2. The summed E-state index contributed by atoms with van der Waals surface area (Å²) in [7, 11) is 1.56. The van der Waals surface area contributed by atoms with Gasteiger partial charge in [-0.3, -0.25) is 0 Å². The number of hydrogen-bond donors (Lipinski definition) is 0. The van der Waals surface area contributed by atoms with Crippen molar-refractivity contribution in [2.75, 3.05) is 7.11 Å². The highest BCUT2D eigenvalue weighted by molar-refractivity contribution is 6.31. The van der Waals surface area contributed by atoms with Crippen molar-refractivity contribution in [1.82, 2.24) is 19.9 Å². The highest BCUT2D eigenvalue weighted by Gasteiger charge is 2.13. The van der Waals surface area contributed by atoms with Crippen molar-refractivity contribution >= 4 is 23.2 Å². The molecule has 0 N–H and O–H groups in total. The fourth-order valence-corrected chi connectivity index (χ4v) is 2.10. The lowest BCUT2D eigenvalue weighted by Crippen LogP contribution is -1.97. The summed E-state index contributed by atoms with van der Waals surface area (Å²) in [6.45, 7) is 0. The minimum Gasteiger partial charge on any atom is -0.493 e. The van der Waals surface area contributed by atoms with Crippen LogP contribution in [0.1, 0.15) is 0 Å². The van der Waals surface area contributed by atoms with E-state index in [0.717, 1.165) is 0 Å². The second-order valence-electron chi connectivity index (χ2n) is 4.30. The number of hydrogen-bond acceptors (Lipinski definition) is 6. The van der Waals surface area contributed by atoms with E-state index in [1.807, 2.05) is 12.1 Å². The predicted octanol–water partition coefficient (Wildman–Crippen LogP) is 4.04. The van der Waals surface area contributed by atoms with E-state index < -0.39 is 0 Å². The third kappa shape index (κ3) is 3.49. The molecule has 0 fully saturated rings.